The minimum absolute atomic E-state index is 0.0521. The van der Waals surface area contributed by atoms with Crippen molar-refractivity contribution < 1.29 is 33.8 Å². The zero-order chi connectivity index (χ0) is 36.3. The molecule has 1 aromatic carbocycles. The summed E-state index contributed by atoms with van der Waals surface area (Å²) < 4.78 is 10.3. The van der Waals surface area contributed by atoms with Crippen LogP contribution in [0.3, 0.4) is 0 Å². The molecule has 0 heterocycles. The molecule has 0 spiro atoms. The Morgan fingerprint density at radius 2 is 1.24 bits per heavy atom. The topological polar surface area (TPSA) is 131 Å². The van der Waals surface area contributed by atoms with E-state index in [4.69, 9.17) is 9.47 Å². The first-order chi connectivity index (χ1) is 23.6. The van der Waals surface area contributed by atoms with E-state index in [0.29, 0.717) is 5.75 Å². The fourth-order valence-corrected chi connectivity index (χ4v) is 4.89. The summed E-state index contributed by atoms with van der Waals surface area (Å²) in [5.74, 6) is -2.42. The van der Waals surface area contributed by atoms with Crippen LogP contribution in [0, 0.1) is 5.92 Å². The first-order valence-electron chi connectivity index (χ1n) is 16.8. The number of hydrogen-bond acceptors (Lipinski definition) is 8. The molecule has 0 aliphatic rings. The number of benzene rings is 1. The average Bonchev–Trinajstić information content (AvgIpc) is 3.08. The number of rotatable bonds is 23. The summed E-state index contributed by atoms with van der Waals surface area (Å²) in [6, 6.07) is 3.53. The van der Waals surface area contributed by atoms with Gasteiger partial charge < -0.3 is 25.2 Å². The molecule has 0 saturated heterocycles. The number of amides is 2. The van der Waals surface area contributed by atoms with Gasteiger partial charge in [-0.05, 0) is 63.5 Å². The summed E-state index contributed by atoms with van der Waals surface area (Å²) in [4.78, 5) is 50.8. The van der Waals surface area contributed by atoms with Crippen molar-refractivity contribution in [2.45, 2.75) is 84.4 Å². The molecule has 3 N–H and O–H groups in total. The van der Waals surface area contributed by atoms with Crippen LogP contribution in [0.2, 0.25) is 0 Å². The van der Waals surface area contributed by atoms with Crippen molar-refractivity contribution >= 4 is 35.5 Å². The third kappa shape index (κ3) is 19.3. The maximum absolute atomic E-state index is 13.0. The third-order valence-electron chi connectivity index (χ3n) is 6.94. The second-order valence-electron chi connectivity index (χ2n) is 11.4. The summed E-state index contributed by atoms with van der Waals surface area (Å²) in [6.07, 6.45) is 30.2. The van der Waals surface area contributed by atoms with E-state index in [-0.39, 0.29) is 28.9 Å². The monoisotopic (exact) mass is 694 g/mol. The van der Waals surface area contributed by atoms with E-state index < -0.39 is 36.0 Å². The average molecular weight is 695 g/mol. The molecule has 0 saturated carbocycles. The molecular formula is C39H54N2O7S. The summed E-state index contributed by atoms with van der Waals surface area (Å²) in [5, 5.41) is 15.2. The summed E-state index contributed by atoms with van der Waals surface area (Å²) in [5.41, 5.74) is -0.0521. The number of ether oxygens (including phenoxy) is 2. The number of methoxy groups -OCH3 is 1. The van der Waals surface area contributed by atoms with Crippen molar-refractivity contribution in [3.05, 3.63) is 103 Å². The zero-order valence-electron chi connectivity index (χ0n) is 29.5. The van der Waals surface area contributed by atoms with Crippen LogP contribution in [0.15, 0.2) is 97.2 Å². The lowest BCUT2D eigenvalue weighted by molar-refractivity contribution is -0.159. The number of carbonyl (C=O) groups excluding carboxylic acids is 4. The van der Waals surface area contributed by atoms with Crippen LogP contribution in [0.5, 0.6) is 5.75 Å². The molecule has 2 amide bonds. The molecule has 1 aromatic rings. The highest BCUT2D eigenvalue weighted by Gasteiger charge is 2.34. The molecule has 0 fully saturated rings. The number of allylic oxidation sites excluding steroid dienone is 11. The molecule has 0 aromatic heterocycles. The molecule has 3 atom stereocenters. The largest absolute Gasteiger partial charge is 0.507 e. The lowest BCUT2D eigenvalue weighted by Crippen LogP contribution is -2.52. The first kappa shape index (κ1) is 42.7. The van der Waals surface area contributed by atoms with Gasteiger partial charge >= 0.3 is 11.9 Å². The van der Waals surface area contributed by atoms with Gasteiger partial charge in [0.15, 0.2) is 6.04 Å². The predicted octanol–water partition coefficient (Wildman–Crippen LogP) is 7.17. The fourth-order valence-electron chi connectivity index (χ4n) is 4.23. The number of para-hydroxylation sites is 1. The van der Waals surface area contributed by atoms with Crippen molar-refractivity contribution in [1.29, 1.82) is 0 Å². The minimum atomic E-state index is -1.35. The van der Waals surface area contributed by atoms with Gasteiger partial charge in [-0.15, -0.1) is 11.8 Å². The van der Waals surface area contributed by atoms with Gasteiger partial charge in [-0.3, -0.25) is 9.59 Å². The molecule has 268 valence electrons. The summed E-state index contributed by atoms with van der Waals surface area (Å²) in [6.45, 7) is 7.10. The van der Waals surface area contributed by atoms with E-state index in [1.807, 2.05) is 12.2 Å². The molecule has 0 aliphatic carbocycles. The quantitative estimate of drug-likeness (QED) is 0.0625. The first-order valence-corrected chi connectivity index (χ1v) is 17.9. The van der Waals surface area contributed by atoms with E-state index in [0.717, 1.165) is 45.6 Å². The predicted molar refractivity (Wildman–Crippen MR) is 199 cm³/mol. The van der Waals surface area contributed by atoms with Gasteiger partial charge in [0, 0.05) is 5.75 Å². The van der Waals surface area contributed by atoms with Crippen LogP contribution >= 0.6 is 11.8 Å². The van der Waals surface area contributed by atoms with E-state index in [1.54, 1.807) is 26.0 Å². The normalized spacial score (nSPS) is 14.0. The Labute approximate surface area is 296 Å². The van der Waals surface area contributed by atoms with Crippen molar-refractivity contribution in [2.75, 3.05) is 18.6 Å². The van der Waals surface area contributed by atoms with Crippen molar-refractivity contribution in [1.82, 2.24) is 10.6 Å². The van der Waals surface area contributed by atoms with E-state index >= 15 is 0 Å². The number of esters is 2. The highest BCUT2D eigenvalue weighted by molar-refractivity contribution is 8.00. The maximum Gasteiger partial charge on any atom is 0.332 e. The number of aromatic hydroxyl groups is 1. The number of nitrogens with one attached hydrogen (secondary N) is 2. The number of thioether (sulfide) groups is 1. The molecule has 9 nitrogen and oxygen atoms in total. The number of carbonyl (C=O) groups is 4. The Bertz CT molecular complexity index is 1330. The Balaban J connectivity index is 2.41. The second kappa shape index (κ2) is 26.6. The number of phenolic OH excluding ortho intramolecular Hbond substituents is 1. The number of hydrogen-bond donors (Lipinski definition) is 3. The Morgan fingerprint density at radius 3 is 1.73 bits per heavy atom. The van der Waals surface area contributed by atoms with Gasteiger partial charge in [0.1, 0.15) is 17.9 Å². The van der Waals surface area contributed by atoms with Gasteiger partial charge in [-0.1, -0.05) is 106 Å². The fraction of sp³-hybridized carbons (Fsp3) is 0.436. The molecule has 10 heteroatoms. The van der Waals surface area contributed by atoms with Crippen molar-refractivity contribution in [3.63, 3.8) is 0 Å². The van der Waals surface area contributed by atoms with Crippen LogP contribution in [0.4, 0.5) is 0 Å². The molecule has 49 heavy (non-hydrogen) atoms. The van der Waals surface area contributed by atoms with Gasteiger partial charge in [0.05, 0.1) is 18.4 Å². The van der Waals surface area contributed by atoms with Crippen molar-refractivity contribution in [3.8, 4) is 5.75 Å². The van der Waals surface area contributed by atoms with Gasteiger partial charge in [-0.2, -0.15) is 0 Å². The smallest absolute Gasteiger partial charge is 0.332 e. The van der Waals surface area contributed by atoms with Crippen LogP contribution in [0.25, 0.3) is 0 Å². The molecular weight excluding hydrogens is 641 g/mol. The SMILES string of the molecule is CC/C=C\C/C=C\C/C=C\C/C=C\C/C=C\C/C=C\CSCC(=O)NC(C(=O)OC(C)C(NC(=O)c1ccccc1O)C(=O)OC)C(C)C. The van der Waals surface area contributed by atoms with Crippen LogP contribution < -0.4 is 10.6 Å². The summed E-state index contributed by atoms with van der Waals surface area (Å²) >= 11 is 1.42. The van der Waals surface area contributed by atoms with E-state index in [9.17, 15) is 24.3 Å². The Hall–Kier alpha value is -4.31. The highest BCUT2D eigenvalue weighted by atomic mass is 32.2. The summed E-state index contributed by atoms with van der Waals surface area (Å²) in [7, 11) is 1.14. The Kier molecular flexibility index (Phi) is 23.2. The lowest BCUT2D eigenvalue weighted by Gasteiger charge is -2.27. The van der Waals surface area contributed by atoms with Gasteiger partial charge in [0.2, 0.25) is 5.91 Å². The maximum atomic E-state index is 13.0. The standard InChI is InChI=1S/C39H54N2O7S/c1-6-7-8-9-10-11-12-13-14-15-16-17-18-19-20-21-22-25-28-49-29-34(43)40-35(30(2)3)39(46)48-31(4)36(38(45)47-5)41-37(44)32-26-23-24-27-33(32)42/h7-8,10-11,13-14,16-17,19-20,22-27,30-31,35-36,42H,6,9,12,15,18,21,28-29H2,1-5H3,(H,40,43)(H,41,44)/b8-7-,11-10-,14-13-,17-16-,20-19-,25-22-. The Morgan fingerprint density at radius 1 is 0.735 bits per heavy atom. The molecule has 0 radical (unpaired) electrons. The molecule has 0 aliphatic heterocycles. The second-order valence-corrected chi connectivity index (χ2v) is 12.4. The van der Waals surface area contributed by atoms with Crippen LogP contribution in [0.1, 0.15) is 76.6 Å². The van der Waals surface area contributed by atoms with Crippen LogP contribution in [-0.4, -0.2) is 65.7 Å². The van der Waals surface area contributed by atoms with E-state index in [1.165, 1.54) is 30.8 Å². The zero-order valence-corrected chi connectivity index (χ0v) is 30.3. The highest BCUT2D eigenvalue weighted by Crippen LogP contribution is 2.17. The number of phenols is 1. The van der Waals surface area contributed by atoms with Gasteiger partial charge in [0.25, 0.3) is 5.91 Å². The van der Waals surface area contributed by atoms with Gasteiger partial charge in [-0.25, -0.2) is 9.59 Å². The molecule has 1 rings (SSSR count). The molecule has 3 unspecified atom stereocenters. The third-order valence-corrected chi connectivity index (χ3v) is 7.84. The lowest BCUT2D eigenvalue weighted by atomic mass is 10.0. The van der Waals surface area contributed by atoms with Crippen molar-refractivity contribution in [2.24, 2.45) is 5.92 Å². The minimum Gasteiger partial charge on any atom is -0.507 e. The molecule has 0 bridgehead atoms. The van der Waals surface area contributed by atoms with E-state index in [2.05, 4.69) is 78.3 Å². The van der Waals surface area contributed by atoms with Crippen LogP contribution in [-0.2, 0) is 23.9 Å².